The van der Waals surface area contributed by atoms with E-state index in [9.17, 15) is 4.79 Å². The second-order valence-electron chi connectivity index (χ2n) is 7.86. The van der Waals surface area contributed by atoms with Crippen molar-refractivity contribution in [3.05, 3.63) is 71.6 Å². The number of methoxy groups -OCH3 is 1. The van der Waals surface area contributed by atoms with Gasteiger partial charge < -0.3 is 19.2 Å². The molecule has 0 unspecified atom stereocenters. The minimum absolute atomic E-state index is 0.163. The van der Waals surface area contributed by atoms with Gasteiger partial charge in [-0.1, -0.05) is 30.3 Å². The molecule has 31 heavy (non-hydrogen) atoms. The van der Waals surface area contributed by atoms with Crippen LogP contribution in [0.15, 0.2) is 59.0 Å². The Balaban J connectivity index is 1.37. The lowest BCUT2D eigenvalue weighted by Gasteiger charge is -2.18. The molecule has 0 aliphatic carbocycles. The first-order chi connectivity index (χ1) is 15.1. The van der Waals surface area contributed by atoms with Gasteiger partial charge in [-0.05, 0) is 49.2 Å². The lowest BCUT2D eigenvalue weighted by molar-refractivity contribution is -0.141. The van der Waals surface area contributed by atoms with Crippen LogP contribution in [0, 0.1) is 12.8 Å². The van der Waals surface area contributed by atoms with Crippen molar-refractivity contribution in [3.8, 4) is 17.2 Å². The summed E-state index contributed by atoms with van der Waals surface area (Å²) in [6.07, 6.45) is 1.09. The number of nitrogens with zero attached hydrogens (tertiary/aromatic N) is 1. The normalized spacial score (nSPS) is 18.1. The molecule has 1 aliphatic heterocycles. The van der Waals surface area contributed by atoms with Crippen LogP contribution in [0.1, 0.15) is 29.4 Å². The number of nitrogens with one attached hydrogen (secondary N) is 1. The Morgan fingerprint density at radius 2 is 2.00 bits per heavy atom. The van der Waals surface area contributed by atoms with Crippen LogP contribution in [-0.4, -0.2) is 37.8 Å². The standard InChI is InChI=1S/C25H28N2O4/c1-17-23(27-25(31-17)18-7-4-3-5-8-18)11-12-30-21-10-6-9-19(13-21)22-16-26-15-20(22)14-24(28)29-2/h3-10,13,20,22,26H,11-12,14-16H2,1-2H3/t20-,22-/m0/s1. The number of hydrogen-bond donors (Lipinski definition) is 1. The van der Waals surface area contributed by atoms with Crippen molar-refractivity contribution < 1.29 is 18.7 Å². The van der Waals surface area contributed by atoms with Crippen LogP contribution < -0.4 is 10.1 Å². The van der Waals surface area contributed by atoms with Crippen molar-refractivity contribution in [1.29, 1.82) is 0 Å². The fourth-order valence-electron chi connectivity index (χ4n) is 4.10. The summed E-state index contributed by atoms with van der Waals surface area (Å²) in [5, 5.41) is 3.39. The number of carbonyl (C=O) groups excluding carboxylic acids is 1. The summed E-state index contributed by atoms with van der Waals surface area (Å²) in [4.78, 5) is 16.4. The van der Waals surface area contributed by atoms with Crippen LogP contribution >= 0.6 is 0 Å². The minimum atomic E-state index is -0.163. The predicted molar refractivity (Wildman–Crippen MR) is 118 cm³/mol. The van der Waals surface area contributed by atoms with Gasteiger partial charge in [0.15, 0.2) is 0 Å². The molecule has 162 valence electrons. The molecule has 6 heteroatoms. The summed E-state index contributed by atoms with van der Waals surface area (Å²) in [5.74, 6) is 2.62. The molecule has 3 aromatic rings. The number of esters is 1. The van der Waals surface area contributed by atoms with Crippen LogP contribution in [0.5, 0.6) is 5.75 Å². The van der Waals surface area contributed by atoms with E-state index in [0.717, 1.165) is 35.9 Å². The number of aryl methyl sites for hydroxylation is 1. The molecule has 1 saturated heterocycles. The molecule has 1 N–H and O–H groups in total. The molecule has 1 aromatic heterocycles. The zero-order valence-electron chi connectivity index (χ0n) is 18.0. The van der Waals surface area contributed by atoms with Crippen molar-refractivity contribution in [2.24, 2.45) is 5.92 Å². The number of hydrogen-bond acceptors (Lipinski definition) is 6. The first-order valence-corrected chi connectivity index (χ1v) is 10.7. The molecule has 1 aliphatic rings. The van der Waals surface area contributed by atoms with Crippen molar-refractivity contribution in [3.63, 3.8) is 0 Å². The molecule has 2 aromatic carbocycles. The lowest BCUT2D eigenvalue weighted by Crippen LogP contribution is -2.16. The maximum absolute atomic E-state index is 11.7. The smallest absolute Gasteiger partial charge is 0.305 e. The van der Waals surface area contributed by atoms with E-state index in [1.54, 1.807) is 0 Å². The lowest BCUT2D eigenvalue weighted by atomic mass is 9.87. The molecule has 2 atom stereocenters. The van der Waals surface area contributed by atoms with Gasteiger partial charge in [-0.2, -0.15) is 0 Å². The monoisotopic (exact) mass is 420 g/mol. The summed E-state index contributed by atoms with van der Waals surface area (Å²) in [6.45, 7) is 4.12. The van der Waals surface area contributed by atoms with E-state index in [1.165, 1.54) is 12.7 Å². The highest BCUT2D eigenvalue weighted by molar-refractivity contribution is 5.69. The SMILES string of the molecule is COC(=O)C[C@H]1CNC[C@H]1c1cccc(OCCc2nc(-c3ccccc3)oc2C)c1. The Bertz CT molecular complexity index is 1020. The third-order valence-electron chi connectivity index (χ3n) is 5.80. The molecule has 6 nitrogen and oxygen atoms in total. The van der Waals surface area contributed by atoms with Gasteiger partial charge in [-0.25, -0.2) is 4.98 Å². The third kappa shape index (κ3) is 5.14. The van der Waals surface area contributed by atoms with Crippen molar-refractivity contribution in [2.75, 3.05) is 26.8 Å². The zero-order chi connectivity index (χ0) is 21.6. The van der Waals surface area contributed by atoms with E-state index in [-0.39, 0.29) is 17.8 Å². The van der Waals surface area contributed by atoms with Gasteiger partial charge in [-0.3, -0.25) is 4.79 Å². The topological polar surface area (TPSA) is 73.6 Å². The van der Waals surface area contributed by atoms with Crippen LogP contribution in [0.2, 0.25) is 0 Å². The number of rotatable bonds is 8. The zero-order valence-corrected chi connectivity index (χ0v) is 18.0. The van der Waals surface area contributed by atoms with Crippen LogP contribution in [-0.2, 0) is 16.0 Å². The fraction of sp³-hybridized carbons (Fsp3) is 0.360. The van der Waals surface area contributed by atoms with Gasteiger partial charge in [0, 0.05) is 24.4 Å². The highest BCUT2D eigenvalue weighted by Crippen LogP contribution is 2.32. The van der Waals surface area contributed by atoms with Gasteiger partial charge in [0.05, 0.1) is 25.8 Å². The minimum Gasteiger partial charge on any atom is -0.493 e. The molecule has 2 heterocycles. The van der Waals surface area contributed by atoms with Gasteiger partial charge in [-0.15, -0.1) is 0 Å². The molecular formula is C25H28N2O4. The van der Waals surface area contributed by atoms with E-state index in [0.29, 0.717) is 25.3 Å². The second kappa shape index (κ2) is 9.79. The summed E-state index contributed by atoms with van der Waals surface area (Å²) in [5.41, 5.74) is 3.06. The fourth-order valence-corrected chi connectivity index (χ4v) is 4.10. The molecule has 0 amide bonds. The van der Waals surface area contributed by atoms with Crippen LogP contribution in [0.3, 0.4) is 0 Å². The number of ether oxygens (including phenoxy) is 2. The molecule has 0 radical (unpaired) electrons. The van der Waals surface area contributed by atoms with Crippen molar-refractivity contribution >= 4 is 5.97 Å². The van der Waals surface area contributed by atoms with Crippen molar-refractivity contribution in [2.45, 2.75) is 25.7 Å². The largest absolute Gasteiger partial charge is 0.493 e. The Labute approximate surface area is 182 Å². The third-order valence-corrected chi connectivity index (χ3v) is 5.80. The molecular weight excluding hydrogens is 392 g/mol. The van der Waals surface area contributed by atoms with Gasteiger partial charge in [0.2, 0.25) is 5.89 Å². The van der Waals surface area contributed by atoms with Crippen molar-refractivity contribution in [1.82, 2.24) is 10.3 Å². The number of benzene rings is 2. The first-order valence-electron chi connectivity index (χ1n) is 10.7. The molecule has 0 spiro atoms. The van der Waals surface area contributed by atoms with E-state index >= 15 is 0 Å². The van der Waals surface area contributed by atoms with Gasteiger partial charge in [0.1, 0.15) is 11.5 Å². The Morgan fingerprint density at radius 3 is 2.81 bits per heavy atom. The molecule has 0 saturated carbocycles. The highest BCUT2D eigenvalue weighted by atomic mass is 16.5. The second-order valence-corrected chi connectivity index (χ2v) is 7.86. The summed E-state index contributed by atoms with van der Waals surface area (Å²) >= 11 is 0. The summed E-state index contributed by atoms with van der Waals surface area (Å²) < 4.78 is 16.7. The van der Waals surface area contributed by atoms with Gasteiger partial charge in [0.25, 0.3) is 0 Å². The molecule has 1 fully saturated rings. The van der Waals surface area contributed by atoms with Crippen LogP contribution in [0.25, 0.3) is 11.5 Å². The van der Waals surface area contributed by atoms with E-state index in [1.807, 2.05) is 49.4 Å². The van der Waals surface area contributed by atoms with Gasteiger partial charge >= 0.3 is 5.97 Å². The maximum Gasteiger partial charge on any atom is 0.305 e. The number of carbonyl (C=O) groups is 1. The van der Waals surface area contributed by atoms with E-state index in [4.69, 9.17) is 13.9 Å². The first kappa shape index (κ1) is 21.1. The quantitative estimate of drug-likeness (QED) is 0.552. The van der Waals surface area contributed by atoms with E-state index < -0.39 is 0 Å². The van der Waals surface area contributed by atoms with E-state index in [2.05, 4.69) is 22.4 Å². The van der Waals surface area contributed by atoms with Crippen LogP contribution in [0.4, 0.5) is 0 Å². The summed E-state index contributed by atoms with van der Waals surface area (Å²) in [6, 6.07) is 18.0. The average Bonchev–Trinajstić information content (AvgIpc) is 3.41. The number of oxazole rings is 1. The highest BCUT2D eigenvalue weighted by Gasteiger charge is 2.30. The Morgan fingerprint density at radius 1 is 1.16 bits per heavy atom. The number of aromatic nitrogens is 1. The molecule has 4 rings (SSSR count). The summed E-state index contributed by atoms with van der Waals surface area (Å²) in [7, 11) is 1.44. The Hall–Kier alpha value is -3.12. The average molecular weight is 421 g/mol. The Kier molecular flexibility index (Phi) is 6.67. The molecule has 0 bridgehead atoms. The predicted octanol–water partition coefficient (Wildman–Crippen LogP) is 4.14. The maximum atomic E-state index is 11.7.